The highest BCUT2D eigenvalue weighted by Gasteiger charge is 2.37. The minimum absolute atomic E-state index is 0.159. The largest absolute Gasteiger partial charge is 0.494 e. The Morgan fingerprint density at radius 3 is 2.60 bits per heavy atom. The summed E-state index contributed by atoms with van der Waals surface area (Å²) in [7, 11) is 3.22. The van der Waals surface area contributed by atoms with Crippen molar-refractivity contribution in [3.05, 3.63) is 29.6 Å². The Morgan fingerprint density at radius 1 is 1.40 bits per heavy atom. The summed E-state index contributed by atoms with van der Waals surface area (Å²) in [5, 5.41) is 0. The van der Waals surface area contributed by atoms with Gasteiger partial charge < -0.3 is 9.64 Å². The van der Waals surface area contributed by atoms with E-state index in [2.05, 4.69) is 0 Å². The van der Waals surface area contributed by atoms with Gasteiger partial charge in [-0.3, -0.25) is 4.79 Å². The van der Waals surface area contributed by atoms with E-state index in [0.717, 1.165) is 31.2 Å². The van der Waals surface area contributed by atoms with E-state index in [-0.39, 0.29) is 17.1 Å². The fourth-order valence-corrected chi connectivity index (χ4v) is 2.98. The van der Waals surface area contributed by atoms with Crippen LogP contribution in [0.15, 0.2) is 18.2 Å². The van der Waals surface area contributed by atoms with Gasteiger partial charge in [-0.05, 0) is 30.5 Å². The molecule has 0 saturated heterocycles. The van der Waals surface area contributed by atoms with Gasteiger partial charge in [-0.15, -0.1) is 0 Å². The third-order valence-corrected chi connectivity index (χ3v) is 4.21. The lowest BCUT2D eigenvalue weighted by Gasteiger charge is -2.29. The van der Waals surface area contributed by atoms with E-state index in [1.807, 2.05) is 6.92 Å². The van der Waals surface area contributed by atoms with Crippen LogP contribution in [0, 0.1) is 11.2 Å². The first-order valence-corrected chi connectivity index (χ1v) is 7.04. The summed E-state index contributed by atoms with van der Waals surface area (Å²) in [5.74, 6) is -0.00497. The molecule has 0 bridgehead atoms. The summed E-state index contributed by atoms with van der Waals surface area (Å²) < 4.78 is 18.5. The molecule has 2 rings (SSSR count). The number of benzene rings is 1. The van der Waals surface area contributed by atoms with Crippen LogP contribution in [0.25, 0.3) is 0 Å². The quantitative estimate of drug-likeness (QED) is 0.845. The minimum Gasteiger partial charge on any atom is -0.494 e. The maximum Gasteiger partial charge on any atom is 0.228 e. The van der Waals surface area contributed by atoms with E-state index in [1.54, 1.807) is 24.1 Å². The number of rotatable bonds is 4. The van der Waals surface area contributed by atoms with Gasteiger partial charge in [0.15, 0.2) is 11.6 Å². The number of halogens is 1. The highest BCUT2D eigenvalue weighted by molar-refractivity contribution is 5.82. The van der Waals surface area contributed by atoms with Crippen LogP contribution in [-0.2, 0) is 11.3 Å². The molecular weight excluding hydrogens is 257 g/mol. The van der Waals surface area contributed by atoms with Crippen molar-refractivity contribution in [3.63, 3.8) is 0 Å². The fourth-order valence-electron chi connectivity index (χ4n) is 2.98. The zero-order valence-corrected chi connectivity index (χ0v) is 12.4. The predicted molar refractivity (Wildman–Crippen MR) is 76.0 cm³/mol. The fraction of sp³-hybridized carbons (Fsp3) is 0.562. The molecule has 1 saturated carbocycles. The first-order valence-electron chi connectivity index (χ1n) is 7.04. The maximum absolute atomic E-state index is 13.6. The lowest BCUT2D eigenvalue weighted by molar-refractivity contribution is -0.140. The first kappa shape index (κ1) is 14.8. The SMILES string of the molecule is COc1ccc(CN(C)C(=O)C2(C)CCCC2)cc1F. The third-order valence-electron chi connectivity index (χ3n) is 4.21. The van der Waals surface area contributed by atoms with E-state index in [1.165, 1.54) is 13.2 Å². The molecule has 0 spiro atoms. The lowest BCUT2D eigenvalue weighted by atomic mass is 9.87. The second-order valence-corrected chi connectivity index (χ2v) is 5.90. The molecule has 0 heterocycles. The normalized spacial score (nSPS) is 17.0. The third kappa shape index (κ3) is 2.94. The molecule has 1 aliphatic carbocycles. The molecule has 20 heavy (non-hydrogen) atoms. The van der Waals surface area contributed by atoms with E-state index in [9.17, 15) is 9.18 Å². The van der Waals surface area contributed by atoms with Crippen molar-refractivity contribution in [2.24, 2.45) is 5.41 Å². The van der Waals surface area contributed by atoms with Crippen LogP contribution in [0.4, 0.5) is 4.39 Å². The van der Waals surface area contributed by atoms with Gasteiger partial charge in [0.25, 0.3) is 0 Å². The molecule has 1 amide bonds. The molecule has 0 unspecified atom stereocenters. The minimum atomic E-state index is -0.391. The van der Waals surface area contributed by atoms with Crippen molar-refractivity contribution in [1.82, 2.24) is 4.90 Å². The lowest BCUT2D eigenvalue weighted by Crippen LogP contribution is -2.38. The average Bonchev–Trinajstić information content (AvgIpc) is 2.86. The number of amides is 1. The van der Waals surface area contributed by atoms with Crippen LogP contribution in [0.1, 0.15) is 38.2 Å². The molecule has 0 aliphatic heterocycles. The Labute approximate surface area is 119 Å². The van der Waals surface area contributed by atoms with E-state index in [4.69, 9.17) is 4.74 Å². The van der Waals surface area contributed by atoms with Crippen LogP contribution >= 0.6 is 0 Å². The van der Waals surface area contributed by atoms with Crippen molar-refractivity contribution >= 4 is 5.91 Å². The number of hydrogen-bond donors (Lipinski definition) is 0. The summed E-state index contributed by atoms with van der Waals surface area (Å²) in [5.41, 5.74) is 0.542. The first-order chi connectivity index (χ1) is 9.46. The molecule has 0 atom stereocenters. The molecule has 0 aromatic heterocycles. The number of hydrogen-bond acceptors (Lipinski definition) is 2. The zero-order chi connectivity index (χ0) is 14.8. The number of methoxy groups -OCH3 is 1. The molecule has 1 aliphatic rings. The number of carbonyl (C=O) groups is 1. The average molecular weight is 279 g/mol. The number of ether oxygens (including phenoxy) is 1. The predicted octanol–water partition coefficient (Wildman–Crippen LogP) is 3.37. The zero-order valence-electron chi connectivity index (χ0n) is 12.4. The summed E-state index contributed by atoms with van der Waals surface area (Å²) in [4.78, 5) is 14.2. The van der Waals surface area contributed by atoms with Crippen LogP contribution in [0.5, 0.6) is 5.75 Å². The van der Waals surface area contributed by atoms with Crippen molar-refractivity contribution < 1.29 is 13.9 Å². The smallest absolute Gasteiger partial charge is 0.228 e. The number of carbonyl (C=O) groups excluding carboxylic acids is 1. The Bertz CT molecular complexity index is 495. The molecule has 0 N–H and O–H groups in total. The molecule has 110 valence electrons. The van der Waals surface area contributed by atoms with Crippen LogP contribution in [0.2, 0.25) is 0 Å². The summed E-state index contributed by atoms with van der Waals surface area (Å²) in [6, 6.07) is 4.82. The van der Waals surface area contributed by atoms with Gasteiger partial charge in [0.1, 0.15) is 0 Å². The topological polar surface area (TPSA) is 29.5 Å². The Balaban J connectivity index is 2.05. The molecule has 0 radical (unpaired) electrons. The van der Waals surface area contributed by atoms with Crippen LogP contribution in [-0.4, -0.2) is 25.0 Å². The summed E-state index contributed by atoms with van der Waals surface area (Å²) in [6.45, 7) is 2.46. The van der Waals surface area contributed by atoms with Gasteiger partial charge in [0.05, 0.1) is 7.11 Å². The van der Waals surface area contributed by atoms with Crippen LogP contribution < -0.4 is 4.74 Å². The molecule has 3 nitrogen and oxygen atoms in total. The van der Waals surface area contributed by atoms with Crippen LogP contribution in [0.3, 0.4) is 0 Å². The van der Waals surface area contributed by atoms with Gasteiger partial charge in [0, 0.05) is 19.0 Å². The standard InChI is InChI=1S/C16H22FNO2/c1-16(8-4-5-9-16)15(19)18(2)11-12-6-7-14(20-3)13(17)10-12/h6-7,10H,4-5,8-9,11H2,1-3H3. The van der Waals surface area contributed by atoms with Crippen molar-refractivity contribution in [2.45, 2.75) is 39.2 Å². The second kappa shape index (κ2) is 5.81. The van der Waals surface area contributed by atoms with Gasteiger partial charge in [0.2, 0.25) is 5.91 Å². The Hall–Kier alpha value is -1.58. The highest BCUT2D eigenvalue weighted by Crippen LogP contribution is 2.39. The monoisotopic (exact) mass is 279 g/mol. The second-order valence-electron chi connectivity index (χ2n) is 5.90. The Kier molecular flexibility index (Phi) is 4.31. The van der Waals surface area contributed by atoms with E-state index >= 15 is 0 Å². The molecule has 1 aromatic rings. The van der Waals surface area contributed by atoms with Crippen molar-refractivity contribution in [2.75, 3.05) is 14.2 Å². The Morgan fingerprint density at radius 2 is 2.05 bits per heavy atom. The summed E-state index contributed by atoms with van der Waals surface area (Å²) >= 11 is 0. The van der Waals surface area contributed by atoms with Crippen molar-refractivity contribution in [3.8, 4) is 5.75 Å². The van der Waals surface area contributed by atoms with Crippen molar-refractivity contribution in [1.29, 1.82) is 0 Å². The molecule has 4 heteroatoms. The maximum atomic E-state index is 13.6. The van der Waals surface area contributed by atoms with Gasteiger partial charge >= 0.3 is 0 Å². The number of nitrogens with zero attached hydrogens (tertiary/aromatic N) is 1. The molecular formula is C16H22FNO2. The van der Waals surface area contributed by atoms with Gasteiger partial charge in [-0.25, -0.2) is 4.39 Å². The highest BCUT2D eigenvalue weighted by atomic mass is 19.1. The van der Waals surface area contributed by atoms with Gasteiger partial charge in [-0.1, -0.05) is 25.8 Å². The van der Waals surface area contributed by atoms with E-state index in [0.29, 0.717) is 6.54 Å². The van der Waals surface area contributed by atoms with E-state index < -0.39 is 5.82 Å². The summed E-state index contributed by atoms with van der Waals surface area (Å²) in [6.07, 6.45) is 4.14. The molecule has 1 fully saturated rings. The molecule has 1 aromatic carbocycles. The van der Waals surface area contributed by atoms with Gasteiger partial charge in [-0.2, -0.15) is 0 Å².